The summed E-state index contributed by atoms with van der Waals surface area (Å²) in [6.45, 7) is 0. The van der Waals surface area contributed by atoms with Crippen molar-refractivity contribution in [2.45, 2.75) is 0 Å². The number of allylic oxidation sites excluding steroid dienone is 1. The van der Waals surface area contributed by atoms with Crippen LogP contribution in [-0.2, 0) is 0 Å². The first-order valence-electron chi connectivity index (χ1n) is 5.69. The zero-order valence-electron chi connectivity index (χ0n) is 9.80. The van der Waals surface area contributed by atoms with Gasteiger partial charge in [-0.3, -0.25) is 4.79 Å². The normalized spacial score (nSPS) is 11.4. The Bertz CT molecular complexity index is 734. The Morgan fingerprint density at radius 3 is 2.68 bits per heavy atom. The van der Waals surface area contributed by atoms with E-state index in [1.165, 1.54) is 22.7 Å². The van der Waals surface area contributed by atoms with Crippen LogP contribution in [0.2, 0.25) is 4.34 Å². The van der Waals surface area contributed by atoms with Gasteiger partial charge in [-0.2, -0.15) is 0 Å². The third kappa shape index (κ3) is 2.78. The molecule has 0 radical (unpaired) electrons. The second kappa shape index (κ2) is 5.29. The van der Waals surface area contributed by atoms with Gasteiger partial charge < -0.3 is 0 Å². The quantitative estimate of drug-likeness (QED) is 0.460. The summed E-state index contributed by atoms with van der Waals surface area (Å²) >= 11 is 8.83. The third-order valence-electron chi connectivity index (χ3n) is 2.66. The molecule has 2 heterocycles. The molecule has 94 valence electrons. The lowest BCUT2D eigenvalue weighted by molar-refractivity contribution is 0.105. The number of carbonyl (C=O) groups excluding carboxylic acids is 1. The minimum Gasteiger partial charge on any atom is -0.288 e. The zero-order chi connectivity index (χ0) is 13.2. The number of hydrogen-bond acceptors (Lipinski definition) is 3. The van der Waals surface area contributed by atoms with Crippen LogP contribution >= 0.6 is 34.3 Å². The van der Waals surface area contributed by atoms with Crippen LogP contribution < -0.4 is 0 Å². The summed E-state index contributed by atoms with van der Waals surface area (Å²) in [5.74, 6) is 0.0331. The van der Waals surface area contributed by atoms with E-state index in [-0.39, 0.29) is 5.78 Å². The lowest BCUT2D eigenvalue weighted by atomic mass is 10.2. The Kier molecular flexibility index (Phi) is 3.51. The molecule has 2 aromatic heterocycles. The summed E-state index contributed by atoms with van der Waals surface area (Å²) < 4.78 is 1.87. The molecule has 0 saturated carbocycles. The van der Waals surface area contributed by atoms with Gasteiger partial charge in [0.1, 0.15) is 0 Å². The first kappa shape index (κ1) is 12.6. The van der Waals surface area contributed by atoms with Crippen LogP contribution in [0.25, 0.3) is 16.2 Å². The van der Waals surface area contributed by atoms with Crippen molar-refractivity contribution in [1.82, 2.24) is 0 Å². The van der Waals surface area contributed by atoms with Gasteiger partial charge in [0.05, 0.1) is 9.21 Å². The molecule has 3 rings (SSSR count). The fraction of sp³-hybridized carbons (Fsp3) is 0. The number of halogens is 1. The highest BCUT2D eigenvalue weighted by Gasteiger charge is 2.07. The molecule has 0 unspecified atom stereocenters. The van der Waals surface area contributed by atoms with Crippen LogP contribution in [0.15, 0.2) is 48.5 Å². The maximum atomic E-state index is 12.1. The molecule has 0 fully saturated rings. The van der Waals surface area contributed by atoms with E-state index in [9.17, 15) is 4.79 Å². The first-order chi connectivity index (χ1) is 9.22. The van der Waals surface area contributed by atoms with E-state index in [4.69, 9.17) is 11.6 Å². The number of ketones is 1. The number of thiophene rings is 2. The average molecular weight is 305 g/mol. The van der Waals surface area contributed by atoms with Crippen LogP contribution in [0.3, 0.4) is 0 Å². The maximum absolute atomic E-state index is 12.1. The molecule has 0 saturated heterocycles. The summed E-state index contributed by atoms with van der Waals surface area (Å²) in [4.78, 5) is 13.8. The van der Waals surface area contributed by atoms with E-state index >= 15 is 0 Å². The molecule has 0 atom stereocenters. The van der Waals surface area contributed by atoms with Crippen molar-refractivity contribution in [3.8, 4) is 0 Å². The molecule has 1 nitrogen and oxygen atoms in total. The molecule has 0 amide bonds. The lowest BCUT2D eigenvalue weighted by Crippen LogP contribution is -1.87. The number of carbonyl (C=O) groups is 1. The third-order valence-corrected chi connectivity index (χ3v) is 4.99. The molecule has 19 heavy (non-hydrogen) atoms. The van der Waals surface area contributed by atoms with Crippen molar-refractivity contribution in [3.05, 3.63) is 62.6 Å². The highest BCUT2D eigenvalue weighted by atomic mass is 35.5. The van der Waals surface area contributed by atoms with Gasteiger partial charge in [-0.15, -0.1) is 22.7 Å². The molecular weight excluding hydrogens is 296 g/mol. The standard InChI is InChI=1S/C15H9ClOS2/c16-15-8-6-11(18-15)5-7-12(17)14-9-10-3-1-2-4-13(10)19-14/h1-9H/b7-5+. The monoisotopic (exact) mass is 304 g/mol. The Balaban J connectivity index is 1.85. The van der Waals surface area contributed by atoms with Crippen LogP contribution in [0.5, 0.6) is 0 Å². The highest BCUT2D eigenvalue weighted by Crippen LogP contribution is 2.26. The molecule has 0 aliphatic rings. The zero-order valence-corrected chi connectivity index (χ0v) is 12.2. The van der Waals surface area contributed by atoms with E-state index in [0.717, 1.165) is 24.2 Å². The van der Waals surface area contributed by atoms with Gasteiger partial charge in [-0.05, 0) is 41.8 Å². The van der Waals surface area contributed by atoms with Gasteiger partial charge in [-0.1, -0.05) is 29.8 Å². The Labute approximate surface area is 123 Å². The fourth-order valence-corrected chi connectivity index (χ4v) is 3.71. The van der Waals surface area contributed by atoms with Crippen molar-refractivity contribution in [2.75, 3.05) is 0 Å². The second-order valence-electron chi connectivity index (χ2n) is 3.99. The fourth-order valence-electron chi connectivity index (χ4n) is 1.76. The lowest BCUT2D eigenvalue weighted by Gasteiger charge is -1.87. The molecular formula is C15H9ClOS2. The van der Waals surface area contributed by atoms with Crippen LogP contribution in [0.4, 0.5) is 0 Å². The van der Waals surface area contributed by atoms with E-state index in [1.807, 2.05) is 48.5 Å². The maximum Gasteiger partial charge on any atom is 0.195 e. The Morgan fingerprint density at radius 1 is 1.11 bits per heavy atom. The van der Waals surface area contributed by atoms with Crippen LogP contribution in [0.1, 0.15) is 14.5 Å². The summed E-state index contributed by atoms with van der Waals surface area (Å²) in [5.41, 5.74) is 0. The van der Waals surface area contributed by atoms with E-state index in [0.29, 0.717) is 0 Å². The minimum absolute atomic E-state index is 0.0331. The van der Waals surface area contributed by atoms with Crippen molar-refractivity contribution < 1.29 is 4.79 Å². The highest BCUT2D eigenvalue weighted by molar-refractivity contribution is 7.21. The molecule has 3 aromatic rings. The predicted octanol–water partition coefficient (Wildman–Crippen LogP) is 5.51. The van der Waals surface area contributed by atoms with Gasteiger partial charge in [0, 0.05) is 9.58 Å². The SMILES string of the molecule is O=C(/C=C/c1ccc(Cl)s1)c1cc2ccccc2s1. The van der Waals surface area contributed by atoms with E-state index in [2.05, 4.69) is 0 Å². The van der Waals surface area contributed by atoms with Gasteiger partial charge in [-0.25, -0.2) is 0 Å². The van der Waals surface area contributed by atoms with Gasteiger partial charge in [0.15, 0.2) is 5.78 Å². The van der Waals surface area contributed by atoms with Crippen LogP contribution in [0, 0.1) is 0 Å². The predicted molar refractivity (Wildman–Crippen MR) is 84.5 cm³/mol. The topological polar surface area (TPSA) is 17.1 Å². The summed E-state index contributed by atoms with van der Waals surface area (Å²) in [5, 5.41) is 1.11. The molecule has 0 bridgehead atoms. The molecule has 0 N–H and O–H groups in total. The van der Waals surface area contributed by atoms with Crippen molar-refractivity contribution in [2.24, 2.45) is 0 Å². The second-order valence-corrected chi connectivity index (χ2v) is 6.82. The molecule has 0 aliphatic heterocycles. The van der Waals surface area contributed by atoms with Gasteiger partial charge >= 0.3 is 0 Å². The van der Waals surface area contributed by atoms with Crippen molar-refractivity contribution in [3.63, 3.8) is 0 Å². The molecule has 0 aliphatic carbocycles. The Morgan fingerprint density at radius 2 is 1.95 bits per heavy atom. The largest absolute Gasteiger partial charge is 0.288 e. The molecule has 4 heteroatoms. The van der Waals surface area contributed by atoms with E-state index in [1.54, 1.807) is 6.08 Å². The summed E-state index contributed by atoms with van der Waals surface area (Å²) in [6.07, 6.45) is 3.41. The number of fused-ring (bicyclic) bond motifs is 1. The minimum atomic E-state index is 0.0331. The summed E-state index contributed by atoms with van der Waals surface area (Å²) in [6, 6.07) is 13.7. The van der Waals surface area contributed by atoms with E-state index < -0.39 is 0 Å². The van der Waals surface area contributed by atoms with Gasteiger partial charge in [0.25, 0.3) is 0 Å². The number of rotatable bonds is 3. The van der Waals surface area contributed by atoms with Gasteiger partial charge in [0.2, 0.25) is 0 Å². The number of hydrogen-bond donors (Lipinski definition) is 0. The molecule has 0 spiro atoms. The average Bonchev–Trinajstić information content (AvgIpc) is 3.01. The van der Waals surface area contributed by atoms with Crippen molar-refractivity contribution in [1.29, 1.82) is 0 Å². The summed E-state index contributed by atoms with van der Waals surface area (Å²) in [7, 11) is 0. The first-order valence-corrected chi connectivity index (χ1v) is 7.70. The Hall–Kier alpha value is -1.42. The van der Waals surface area contributed by atoms with Crippen molar-refractivity contribution >= 4 is 56.2 Å². The smallest absolute Gasteiger partial charge is 0.195 e. The van der Waals surface area contributed by atoms with Crippen LogP contribution in [-0.4, -0.2) is 5.78 Å². The molecule has 1 aromatic carbocycles. The number of benzene rings is 1.